The first-order valence-corrected chi connectivity index (χ1v) is 7.36. The fraction of sp³-hybridized carbons (Fsp3) is 0.278. The van der Waals surface area contributed by atoms with Gasteiger partial charge in [-0.25, -0.2) is 4.79 Å². The molecule has 0 amide bonds. The van der Waals surface area contributed by atoms with Gasteiger partial charge in [-0.2, -0.15) is 0 Å². The Morgan fingerprint density at radius 1 is 1.18 bits per heavy atom. The van der Waals surface area contributed by atoms with Crippen LogP contribution in [0.2, 0.25) is 0 Å². The summed E-state index contributed by atoms with van der Waals surface area (Å²) in [6.45, 7) is 2.08. The molecule has 2 aromatic rings. The predicted molar refractivity (Wildman–Crippen MR) is 83.9 cm³/mol. The summed E-state index contributed by atoms with van der Waals surface area (Å²) < 4.78 is 10.9. The molecular formula is C18H19NO3. The lowest BCUT2D eigenvalue weighted by Crippen LogP contribution is -2.39. The average Bonchev–Trinajstić information content (AvgIpc) is 2.54. The number of ether oxygens (including phenoxy) is 2. The van der Waals surface area contributed by atoms with Crippen LogP contribution in [0.25, 0.3) is 0 Å². The van der Waals surface area contributed by atoms with Crippen LogP contribution in [0, 0.1) is 0 Å². The van der Waals surface area contributed by atoms with Gasteiger partial charge in [-0.15, -0.1) is 0 Å². The molecule has 0 aromatic heterocycles. The Bertz CT molecular complexity index is 669. The SMILES string of the molecule is COc1ccc2c(c1)C[C@H](C)N[C@H]2OC(=O)c1ccccc1. The fourth-order valence-electron chi connectivity index (χ4n) is 2.73. The van der Waals surface area contributed by atoms with Gasteiger partial charge >= 0.3 is 5.97 Å². The topological polar surface area (TPSA) is 47.6 Å². The highest BCUT2D eigenvalue weighted by Crippen LogP contribution is 2.30. The van der Waals surface area contributed by atoms with Gasteiger partial charge in [-0.05, 0) is 49.2 Å². The van der Waals surface area contributed by atoms with E-state index in [-0.39, 0.29) is 12.0 Å². The summed E-state index contributed by atoms with van der Waals surface area (Å²) in [5.41, 5.74) is 2.69. The van der Waals surface area contributed by atoms with Crippen LogP contribution in [0.1, 0.15) is 34.6 Å². The quantitative estimate of drug-likeness (QED) is 0.884. The molecule has 4 heteroatoms. The number of benzene rings is 2. The highest BCUT2D eigenvalue weighted by molar-refractivity contribution is 5.89. The third kappa shape index (κ3) is 2.97. The molecule has 0 radical (unpaired) electrons. The van der Waals surface area contributed by atoms with E-state index in [4.69, 9.17) is 9.47 Å². The van der Waals surface area contributed by atoms with Crippen molar-refractivity contribution in [1.29, 1.82) is 0 Å². The van der Waals surface area contributed by atoms with E-state index in [2.05, 4.69) is 12.2 Å². The lowest BCUT2D eigenvalue weighted by molar-refractivity contribution is 0.0154. The standard InChI is InChI=1S/C18H19NO3/c1-12-10-14-11-15(21-2)8-9-16(14)17(19-12)22-18(20)13-6-4-3-5-7-13/h3-9,11-12,17,19H,10H2,1-2H3/t12-,17-/m0/s1. The van der Waals surface area contributed by atoms with Gasteiger partial charge in [0.15, 0.2) is 6.23 Å². The summed E-state index contributed by atoms with van der Waals surface area (Å²) in [6, 6.07) is 15.1. The van der Waals surface area contributed by atoms with Crippen molar-refractivity contribution < 1.29 is 14.3 Å². The molecule has 0 fully saturated rings. The number of hydrogen-bond acceptors (Lipinski definition) is 4. The van der Waals surface area contributed by atoms with E-state index < -0.39 is 6.23 Å². The van der Waals surface area contributed by atoms with Crippen molar-refractivity contribution in [3.8, 4) is 5.75 Å². The maximum atomic E-state index is 12.3. The second-order valence-electron chi connectivity index (χ2n) is 5.49. The summed E-state index contributed by atoms with van der Waals surface area (Å²) in [6.07, 6.45) is 0.448. The van der Waals surface area contributed by atoms with E-state index >= 15 is 0 Å². The number of fused-ring (bicyclic) bond motifs is 1. The smallest absolute Gasteiger partial charge is 0.339 e. The molecule has 0 unspecified atom stereocenters. The molecule has 0 saturated heterocycles. The van der Waals surface area contributed by atoms with Crippen LogP contribution in [0.15, 0.2) is 48.5 Å². The van der Waals surface area contributed by atoms with Crippen LogP contribution in [-0.2, 0) is 11.2 Å². The van der Waals surface area contributed by atoms with Crippen molar-refractivity contribution in [2.75, 3.05) is 7.11 Å². The van der Waals surface area contributed by atoms with Crippen molar-refractivity contribution in [2.24, 2.45) is 0 Å². The van der Waals surface area contributed by atoms with Crippen LogP contribution < -0.4 is 10.1 Å². The van der Waals surface area contributed by atoms with Gasteiger partial charge in [0, 0.05) is 11.6 Å². The number of hydrogen-bond donors (Lipinski definition) is 1. The van der Waals surface area contributed by atoms with Crippen molar-refractivity contribution in [3.63, 3.8) is 0 Å². The Labute approximate surface area is 130 Å². The molecule has 22 heavy (non-hydrogen) atoms. The Morgan fingerprint density at radius 2 is 1.95 bits per heavy atom. The molecule has 1 aliphatic rings. The lowest BCUT2D eigenvalue weighted by Gasteiger charge is -2.31. The number of carbonyl (C=O) groups excluding carboxylic acids is 1. The molecule has 0 saturated carbocycles. The van der Waals surface area contributed by atoms with Crippen LogP contribution in [0.3, 0.4) is 0 Å². The number of carbonyl (C=O) groups is 1. The van der Waals surface area contributed by atoms with E-state index in [1.54, 1.807) is 19.2 Å². The van der Waals surface area contributed by atoms with Crippen LogP contribution in [0.4, 0.5) is 0 Å². The van der Waals surface area contributed by atoms with Crippen molar-refractivity contribution in [2.45, 2.75) is 25.6 Å². The molecule has 1 heterocycles. The van der Waals surface area contributed by atoms with Gasteiger partial charge in [0.05, 0.1) is 12.7 Å². The summed E-state index contributed by atoms with van der Waals surface area (Å²) in [5, 5.41) is 3.33. The van der Waals surface area contributed by atoms with Crippen molar-refractivity contribution in [3.05, 3.63) is 65.2 Å². The highest BCUT2D eigenvalue weighted by Gasteiger charge is 2.27. The molecule has 4 nitrogen and oxygen atoms in total. The van der Waals surface area contributed by atoms with E-state index in [0.29, 0.717) is 5.56 Å². The number of esters is 1. The monoisotopic (exact) mass is 297 g/mol. The Hall–Kier alpha value is -2.33. The van der Waals surface area contributed by atoms with Crippen molar-refractivity contribution in [1.82, 2.24) is 5.32 Å². The maximum absolute atomic E-state index is 12.3. The second kappa shape index (κ2) is 6.20. The Balaban J connectivity index is 1.85. The first kappa shape index (κ1) is 14.6. The minimum atomic E-state index is -0.433. The zero-order valence-electron chi connectivity index (χ0n) is 12.7. The third-order valence-corrected chi connectivity index (χ3v) is 3.83. The van der Waals surface area contributed by atoms with Gasteiger partial charge < -0.3 is 9.47 Å². The van der Waals surface area contributed by atoms with Crippen LogP contribution in [0.5, 0.6) is 5.75 Å². The lowest BCUT2D eigenvalue weighted by atomic mass is 9.95. The molecule has 114 valence electrons. The first-order chi connectivity index (χ1) is 10.7. The largest absolute Gasteiger partial charge is 0.497 e. The first-order valence-electron chi connectivity index (χ1n) is 7.36. The van der Waals surface area contributed by atoms with E-state index in [1.165, 1.54) is 0 Å². The van der Waals surface area contributed by atoms with Gasteiger partial charge in [-0.1, -0.05) is 18.2 Å². The molecule has 2 aromatic carbocycles. The molecule has 1 N–H and O–H groups in total. The third-order valence-electron chi connectivity index (χ3n) is 3.83. The summed E-state index contributed by atoms with van der Waals surface area (Å²) >= 11 is 0. The summed E-state index contributed by atoms with van der Waals surface area (Å²) in [4.78, 5) is 12.3. The van der Waals surface area contributed by atoms with E-state index in [0.717, 1.165) is 23.3 Å². The van der Waals surface area contributed by atoms with E-state index in [9.17, 15) is 4.79 Å². The van der Waals surface area contributed by atoms with Crippen LogP contribution in [-0.4, -0.2) is 19.1 Å². The second-order valence-corrected chi connectivity index (χ2v) is 5.49. The van der Waals surface area contributed by atoms with Gasteiger partial charge in [0.2, 0.25) is 0 Å². The number of rotatable bonds is 3. The van der Waals surface area contributed by atoms with Gasteiger partial charge in [0.1, 0.15) is 5.75 Å². The molecule has 1 aliphatic heterocycles. The summed E-state index contributed by atoms with van der Waals surface area (Å²) in [5.74, 6) is 0.495. The summed E-state index contributed by atoms with van der Waals surface area (Å²) in [7, 11) is 1.65. The Kier molecular flexibility index (Phi) is 4.11. The predicted octanol–water partition coefficient (Wildman–Crippen LogP) is 3.09. The molecule has 0 spiro atoms. The van der Waals surface area contributed by atoms with Crippen LogP contribution >= 0.6 is 0 Å². The van der Waals surface area contributed by atoms with Gasteiger partial charge in [0.25, 0.3) is 0 Å². The average molecular weight is 297 g/mol. The van der Waals surface area contributed by atoms with E-state index in [1.807, 2.05) is 36.4 Å². The fourth-order valence-corrected chi connectivity index (χ4v) is 2.73. The number of nitrogens with one attached hydrogen (secondary N) is 1. The Morgan fingerprint density at radius 3 is 2.68 bits per heavy atom. The minimum Gasteiger partial charge on any atom is -0.497 e. The zero-order chi connectivity index (χ0) is 15.5. The molecule has 0 aliphatic carbocycles. The molecular weight excluding hydrogens is 278 g/mol. The molecule has 3 rings (SSSR count). The zero-order valence-corrected chi connectivity index (χ0v) is 12.7. The van der Waals surface area contributed by atoms with Crippen molar-refractivity contribution >= 4 is 5.97 Å². The minimum absolute atomic E-state index is 0.230. The molecule has 0 bridgehead atoms. The highest BCUT2D eigenvalue weighted by atomic mass is 16.6. The molecule has 2 atom stereocenters. The van der Waals surface area contributed by atoms with Gasteiger partial charge in [-0.3, -0.25) is 5.32 Å². The number of methoxy groups -OCH3 is 1. The maximum Gasteiger partial charge on any atom is 0.339 e. The normalized spacial score (nSPS) is 20.1.